The number of hydrogen-bond donors (Lipinski definition) is 2. The van der Waals surface area contributed by atoms with Gasteiger partial charge in [0.05, 0.1) is 0 Å². The molecule has 3 atom stereocenters. The van der Waals surface area contributed by atoms with E-state index >= 15 is 0 Å². The number of amides is 3. The molecule has 13 heteroatoms. The second-order valence-electron chi connectivity index (χ2n) is 11.7. The van der Waals surface area contributed by atoms with Crippen molar-refractivity contribution in [2.45, 2.75) is 103 Å². The van der Waals surface area contributed by atoms with E-state index in [-0.39, 0.29) is 24.3 Å². The number of aryl methyl sites for hydroxylation is 1. The Morgan fingerprint density at radius 2 is 1.80 bits per heavy atom. The first kappa shape index (κ1) is 32.3. The lowest BCUT2D eigenvalue weighted by Crippen LogP contribution is -2.47. The number of rotatable bonds is 10. The molecule has 0 aromatic carbocycles. The first-order chi connectivity index (χ1) is 18.9. The minimum atomic E-state index is -4.74. The Hall–Kier alpha value is -3.25. The topological polar surface area (TPSA) is 101 Å². The molecule has 1 aromatic heterocycles. The van der Waals surface area contributed by atoms with Gasteiger partial charge in [-0.05, 0) is 71.1 Å². The zero-order chi connectivity index (χ0) is 30.8. The summed E-state index contributed by atoms with van der Waals surface area (Å²) in [4.78, 5) is 43.4. The maximum Gasteiger partial charge on any atom is 0.433 e. The predicted octanol–water partition coefficient (Wildman–Crippen LogP) is 6.00. The molecule has 0 unspecified atom stereocenters. The van der Waals surface area contributed by atoms with Crippen molar-refractivity contribution < 1.29 is 41.1 Å². The summed E-state index contributed by atoms with van der Waals surface area (Å²) in [5.41, 5.74) is -2.72. The van der Waals surface area contributed by atoms with Crippen molar-refractivity contribution in [1.82, 2.24) is 15.2 Å². The number of unbranched alkanes of at least 4 members (excludes halogenated alkanes) is 3. The number of aromatic nitrogens is 1. The Morgan fingerprint density at radius 3 is 2.41 bits per heavy atom. The average molecular weight is 589 g/mol. The van der Waals surface area contributed by atoms with Crippen LogP contribution in [0.15, 0.2) is 24.3 Å². The van der Waals surface area contributed by atoms with Crippen LogP contribution >= 0.6 is 0 Å². The first-order valence-electron chi connectivity index (χ1n) is 13.6. The number of carbonyl (C=O) groups is 3. The van der Waals surface area contributed by atoms with Crippen LogP contribution in [-0.2, 0) is 20.5 Å². The number of alkyl halides is 5. The molecule has 1 aliphatic carbocycles. The van der Waals surface area contributed by atoms with Crippen molar-refractivity contribution >= 4 is 23.7 Å². The van der Waals surface area contributed by atoms with Crippen molar-refractivity contribution in [3.63, 3.8) is 0 Å². The summed E-state index contributed by atoms with van der Waals surface area (Å²) >= 11 is 0. The maximum atomic E-state index is 14.4. The van der Waals surface area contributed by atoms with Gasteiger partial charge in [0.15, 0.2) is 0 Å². The van der Waals surface area contributed by atoms with Crippen LogP contribution in [-0.4, -0.2) is 57.9 Å². The SMILES string of the molecule is CCCCCC=CC(F)(F)C(=O)NC[C@@]12C[C@@H](C(=O)Nc3nc(C(F)(F)F)ccc3C)N(C(=O)OC(C)(C)C)[C@@H]1C2. The van der Waals surface area contributed by atoms with Crippen molar-refractivity contribution in [3.8, 4) is 0 Å². The number of ether oxygens (including phenoxy) is 1. The molecule has 2 heterocycles. The van der Waals surface area contributed by atoms with E-state index in [1.54, 1.807) is 20.8 Å². The van der Waals surface area contributed by atoms with E-state index in [1.165, 1.54) is 24.0 Å². The Balaban J connectivity index is 1.76. The fourth-order valence-electron chi connectivity index (χ4n) is 4.90. The summed E-state index contributed by atoms with van der Waals surface area (Å²) in [5.74, 6) is -6.35. The number of anilines is 1. The lowest BCUT2D eigenvalue weighted by atomic mass is 9.98. The second-order valence-corrected chi connectivity index (χ2v) is 11.7. The van der Waals surface area contributed by atoms with Crippen molar-refractivity contribution in [2.24, 2.45) is 5.41 Å². The third-order valence-corrected chi connectivity index (χ3v) is 7.16. The second kappa shape index (κ2) is 11.9. The minimum absolute atomic E-state index is 0.0144. The van der Waals surface area contributed by atoms with Crippen LogP contribution < -0.4 is 10.6 Å². The van der Waals surface area contributed by atoms with Crippen LogP contribution in [0.25, 0.3) is 0 Å². The number of hydrogen-bond acceptors (Lipinski definition) is 5. The molecule has 41 heavy (non-hydrogen) atoms. The summed E-state index contributed by atoms with van der Waals surface area (Å²) in [6.07, 6.45) is -0.433. The van der Waals surface area contributed by atoms with E-state index in [1.807, 2.05) is 6.92 Å². The molecule has 3 amide bonds. The molecular weight excluding hydrogens is 551 g/mol. The lowest BCUT2D eigenvalue weighted by Gasteiger charge is -2.29. The van der Waals surface area contributed by atoms with Gasteiger partial charge in [-0.15, -0.1) is 0 Å². The van der Waals surface area contributed by atoms with E-state index in [2.05, 4.69) is 15.6 Å². The molecule has 3 rings (SSSR count). The number of nitrogens with one attached hydrogen (secondary N) is 2. The number of pyridine rings is 1. The van der Waals surface area contributed by atoms with Crippen LogP contribution in [0.1, 0.15) is 77.5 Å². The van der Waals surface area contributed by atoms with Gasteiger partial charge < -0.3 is 15.4 Å². The minimum Gasteiger partial charge on any atom is -0.444 e. The standard InChI is InChI=1S/C28H37F5N4O4/c1-6-7-8-9-10-13-27(29,30)23(39)34-16-26-14-18(37(20(26)15-26)24(40)41-25(3,4)5)22(38)36-21-17(2)11-12-19(35-21)28(31,32)33/h10-13,18,20H,6-9,14-16H2,1-5H3,(H,34,39)(H,35,36,38)/t18-,20+,26-/m0/s1. The van der Waals surface area contributed by atoms with Crippen LogP contribution in [0, 0.1) is 12.3 Å². The van der Waals surface area contributed by atoms with Crippen molar-refractivity contribution in [3.05, 3.63) is 35.5 Å². The van der Waals surface area contributed by atoms with Gasteiger partial charge in [0.25, 0.3) is 5.91 Å². The monoisotopic (exact) mass is 588 g/mol. The number of likely N-dealkylation sites (tertiary alicyclic amines) is 1. The third-order valence-electron chi connectivity index (χ3n) is 7.16. The molecule has 1 aromatic rings. The smallest absolute Gasteiger partial charge is 0.433 e. The molecule has 1 saturated heterocycles. The van der Waals surface area contributed by atoms with Gasteiger partial charge in [-0.1, -0.05) is 31.9 Å². The first-order valence-corrected chi connectivity index (χ1v) is 13.6. The molecule has 2 N–H and O–H groups in total. The maximum absolute atomic E-state index is 14.4. The van der Waals surface area contributed by atoms with Gasteiger partial charge >= 0.3 is 18.2 Å². The number of nitrogens with zero attached hydrogens (tertiary/aromatic N) is 2. The summed E-state index contributed by atoms with van der Waals surface area (Å²) in [6.45, 7) is 8.12. The van der Waals surface area contributed by atoms with Crippen LogP contribution in [0.2, 0.25) is 0 Å². The van der Waals surface area contributed by atoms with E-state index in [9.17, 15) is 36.3 Å². The normalized spacial score (nSPS) is 22.4. The molecule has 8 nitrogen and oxygen atoms in total. The number of piperidine rings is 1. The molecule has 1 aliphatic heterocycles. The Kier molecular flexibility index (Phi) is 9.39. The summed E-state index contributed by atoms with van der Waals surface area (Å²) in [7, 11) is 0. The Morgan fingerprint density at radius 1 is 1.12 bits per heavy atom. The van der Waals surface area contributed by atoms with Crippen molar-refractivity contribution in [2.75, 3.05) is 11.9 Å². The Labute approximate surface area is 236 Å². The van der Waals surface area contributed by atoms with E-state index in [4.69, 9.17) is 4.74 Å². The van der Waals surface area contributed by atoms with Gasteiger partial charge in [0.1, 0.15) is 23.2 Å². The molecule has 228 valence electrons. The number of allylic oxidation sites excluding steroid dienone is 1. The fraction of sp³-hybridized carbons (Fsp3) is 0.643. The molecule has 0 bridgehead atoms. The van der Waals surface area contributed by atoms with Gasteiger partial charge in [-0.3, -0.25) is 14.5 Å². The highest BCUT2D eigenvalue weighted by molar-refractivity contribution is 5.97. The molecule has 0 radical (unpaired) electrons. The van der Waals surface area contributed by atoms with Gasteiger partial charge in [0, 0.05) is 18.0 Å². The van der Waals surface area contributed by atoms with E-state index in [0.717, 1.165) is 25.3 Å². The number of halogens is 5. The van der Waals surface area contributed by atoms with Gasteiger partial charge in [0.2, 0.25) is 5.91 Å². The third kappa shape index (κ3) is 7.94. The number of carbonyl (C=O) groups excluding carboxylic acids is 3. The quantitative estimate of drug-likeness (QED) is 0.198. The van der Waals surface area contributed by atoms with Gasteiger partial charge in [-0.2, -0.15) is 22.0 Å². The average Bonchev–Trinajstić information content (AvgIpc) is 3.44. The van der Waals surface area contributed by atoms with Crippen LogP contribution in [0.3, 0.4) is 0 Å². The summed E-state index contributed by atoms with van der Waals surface area (Å²) in [6, 6.07) is 0.173. The van der Waals surface area contributed by atoms with Crippen LogP contribution in [0.4, 0.5) is 32.6 Å². The molecule has 0 spiro atoms. The fourth-order valence-corrected chi connectivity index (χ4v) is 4.90. The summed E-state index contributed by atoms with van der Waals surface area (Å²) in [5, 5.41) is 4.64. The highest BCUT2D eigenvalue weighted by atomic mass is 19.4. The molecule has 2 fully saturated rings. The summed E-state index contributed by atoms with van der Waals surface area (Å²) < 4.78 is 73.8. The lowest BCUT2D eigenvalue weighted by molar-refractivity contribution is -0.141. The number of fused-ring (bicyclic) bond motifs is 1. The molecule has 1 saturated carbocycles. The zero-order valence-corrected chi connectivity index (χ0v) is 23.8. The Bertz CT molecular complexity index is 1180. The van der Waals surface area contributed by atoms with Crippen molar-refractivity contribution in [1.29, 1.82) is 0 Å². The van der Waals surface area contributed by atoms with Crippen LogP contribution in [0.5, 0.6) is 0 Å². The molecule has 2 aliphatic rings. The largest absolute Gasteiger partial charge is 0.444 e. The van der Waals surface area contributed by atoms with E-state index < -0.39 is 58.8 Å². The van der Waals surface area contributed by atoms with E-state index in [0.29, 0.717) is 18.9 Å². The zero-order valence-electron chi connectivity index (χ0n) is 23.8. The van der Waals surface area contributed by atoms with Gasteiger partial charge in [-0.25, -0.2) is 9.78 Å². The highest BCUT2D eigenvalue weighted by Crippen LogP contribution is 2.59. The predicted molar refractivity (Wildman–Crippen MR) is 141 cm³/mol. The highest BCUT2D eigenvalue weighted by Gasteiger charge is 2.68. The molecular formula is C28H37F5N4O4.